The van der Waals surface area contributed by atoms with Gasteiger partial charge in [-0.15, -0.1) is 0 Å². The SMILES string of the molecule is CC(C)C(C)NCc1ccc(C(=O)O)c(F)c1. The smallest absolute Gasteiger partial charge is 0.338 e. The molecule has 0 radical (unpaired) electrons. The van der Waals surface area contributed by atoms with Crippen molar-refractivity contribution in [1.82, 2.24) is 5.32 Å². The topological polar surface area (TPSA) is 49.3 Å². The lowest BCUT2D eigenvalue weighted by Gasteiger charge is -2.17. The summed E-state index contributed by atoms with van der Waals surface area (Å²) in [5.41, 5.74) is 0.464. The van der Waals surface area contributed by atoms with Crippen LogP contribution in [0, 0.1) is 11.7 Å². The molecule has 94 valence electrons. The number of carboxylic acid groups (broad SMARTS) is 1. The molecule has 1 aromatic rings. The van der Waals surface area contributed by atoms with Crippen molar-refractivity contribution in [3.8, 4) is 0 Å². The number of aromatic carboxylic acids is 1. The van der Waals surface area contributed by atoms with Gasteiger partial charge in [-0.25, -0.2) is 9.18 Å². The molecular formula is C13H18FNO2. The van der Waals surface area contributed by atoms with Crippen molar-refractivity contribution in [3.05, 3.63) is 35.1 Å². The van der Waals surface area contributed by atoms with Crippen LogP contribution in [0.2, 0.25) is 0 Å². The number of nitrogens with one attached hydrogen (secondary N) is 1. The standard InChI is InChI=1S/C13H18FNO2/c1-8(2)9(3)15-7-10-4-5-11(13(16)17)12(14)6-10/h4-6,8-9,15H,7H2,1-3H3,(H,16,17). The summed E-state index contributed by atoms with van der Waals surface area (Å²) in [6.07, 6.45) is 0. The molecule has 0 aliphatic heterocycles. The first-order valence-corrected chi connectivity index (χ1v) is 5.67. The van der Waals surface area contributed by atoms with Gasteiger partial charge in [0.1, 0.15) is 5.82 Å². The van der Waals surface area contributed by atoms with Gasteiger partial charge >= 0.3 is 5.97 Å². The Morgan fingerprint density at radius 2 is 2.06 bits per heavy atom. The third kappa shape index (κ3) is 3.82. The predicted molar refractivity (Wildman–Crippen MR) is 64.5 cm³/mol. The van der Waals surface area contributed by atoms with Gasteiger partial charge < -0.3 is 10.4 Å². The highest BCUT2D eigenvalue weighted by Gasteiger charge is 2.11. The van der Waals surface area contributed by atoms with Crippen molar-refractivity contribution in [3.63, 3.8) is 0 Å². The van der Waals surface area contributed by atoms with E-state index in [2.05, 4.69) is 26.1 Å². The summed E-state index contributed by atoms with van der Waals surface area (Å²) < 4.78 is 13.4. The minimum Gasteiger partial charge on any atom is -0.478 e. The number of carboxylic acids is 1. The molecule has 0 aliphatic carbocycles. The fraction of sp³-hybridized carbons (Fsp3) is 0.462. The molecule has 4 heteroatoms. The molecule has 1 rings (SSSR count). The third-order valence-electron chi connectivity index (χ3n) is 2.89. The van der Waals surface area contributed by atoms with E-state index in [1.165, 1.54) is 12.1 Å². The van der Waals surface area contributed by atoms with Crippen LogP contribution in [0.4, 0.5) is 4.39 Å². The Labute approximate surface area is 101 Å². The molecule has 3 nitrogen and oxygen atoms in total. The maximum Gasteiger partial charge on any atom is 0.338 e. The first kappa shape index (κ1) is 13.6. The monoisotopic (exact) mass is 239 g/mol. The van der Waals surface area contributed by atoms with E-state index in [-0.39, 0.29) is 5.56 Å². The molecule has 2 N–H and O–H groups in total. The average Bonchev–Trinajstić information content (AvgIpc) is 2.25. The molecule has 1 aromatic carbocycles. The Morgan fingerprint density at radius 1 is 1.41 bits per heavy atom. The van der Waals surface area contributed by atoms with E-state index >= 15 is 0 Å². The van der Waals surface area contributed by atoms with Crippen molar-refractivity contribution in [2.45, 2.75) is 33.4 Å². The van der Waals surface area contributed by atoms with Gasteiger partial charge in [-0.05, 0) is 30.5 Å². The Hall–Kier alpha value is -1.42. The van der Waals surface area contributed by atoms with Crippen molar-refractivity contribution in [1.29, 1.82) is 0 Å². The van der Waals surface area contributed by atoms with Gasteiger partial charge in [-0.3, -0.25) is 0 Å². The lowest BCUT2D eigenvalue weighted by Crippen LogP contribution is -2.30. The minimum absolute atomic E-state index is 0.286. The largest absolute Gasteiger partial charge is 0.478 e. The molecule has 0 aliphatic rings. The molecule has 1 unspecified atom stereocenters. The normalized spacial score (nSPS) is 12.8. The molecule has 0 heterocycles. The van der Waals surface area contributed by atoms with Crippen LogP contribution in [-0.2, 0) is 6.54 Å². The van der Waals surface area contributed by atoms with Crippen LogP contribution in [0.3, 0.4) is 0 Å². The lowest BCUT2D eigenvalue weighted by molar-refractivity contribution is 0.0692. The van der Waals surface area contributed by atoms with Gasteiger partial charge in [0, 0.05) is 12.6 Å². The molecule has 0 saturated carbocycles. The second-order valence-electron chi connectivity index (χ2n) is 4.53. The summed E-state index contributed by atoms with van der Waals surface area (Å²) in [5.74, 6) is -1.43. The van der Waals surface area contributed by atoms with Crippen molar-refractivity contribution >= 4 is 5.97 Å². The number of benzene rings is 1. The molecular weight excluding hydrogens is 221 g/mol. The second-order valence-corrected chi connectivity index (χ2v) is 4.53. The summed E-state index contributed by atoms with van der Waals surface area (Å²) in [6, 6.07) is 4.53. The zero-order valence-corrected chi connectivity index (χ0v) is 10.3. The van der Waals surface area contributed by atoms with E-state index in [1.54, 1.807) is 6.07 Å². The summed E-state index contributed by atoms with van der Waals surface area (Å²) >= 11 is 0. The summed E-state index contributed by atoms with van der Waals surface area (Å²) in [7, 11) is 0. The second kappa shape index (κ2) is 5.77. The van der Waals surface area contributed by atoms with Gasteiger partial charge in [-0.2, -0.15) is 0 Å². The van der Waals surface area contributed by atoms with Crippen LogP contribution in [0.25, 0.3) is 0 Å². The van der Waals surface area contributed by atoms with Crippen LogP contribution in [0.1, 0.15) is 36.7 Å². The van der Waals surface area contributed by atoms with Crippen LogP contribution in [0.15, 0.2) is 18.2 Å². The van der Waals surface area contributed by atoms with Gasteiger partial charge in [0.25, 0.3) is 0 Å². The van der Waals surface area contributed by atoms with E-state index in [0.717, 1.165) is 5.56 Å². The number of carbonyl (C=O) groups is 1. The zero-order valence-electron chi connectivity index (χ0n) is 10.3. The van der Waals surface area contributed by atoms with Gasteiger partial charge in [0.2, 0.25) is 0 Å². The highest BCUT2D eigenvalue weighted by atomic mass is 19.1. The minimum atomic E-state index is -1.24. The number of rotatable bonds is 5. The van der Waals surface area contributed by atoms with E-state index in [9.17, 15) is 9.18 Å². The average molecular weight is 239 g/mol. The van der Waals surface area contributed by atoms with Crippen molar-refractivity contribution in [2.75, 3.05) is 0 Å². The quantitative estimate of drug-likeness (QED) is 0.830. The Bertz CT molecular complexity index is 404. The number of hydrogen-bond acceptors (Lipinski definition) is 2. The fourth-order valence-corrected chi connectivity index (χ4v) is 1.36. The molecule has 0 saturated heterocycles. The van der Waals surface area contributed by atoms with Crippen molar-refractivity contribution in [2.24, 2.45) is 5.92 Å². The Kier molecular flexibility index (Phi) is 4.63. The van der Waals surface area contributed by atoms with Gasteiger partial charge in [-0.1, -0.05) is 19.9 Å². The van der Waals surface area contributed by atoms with Gasteiger partial charge in [0.15, 0.2) is 0 Å². The van der Waals surface area contributed by atoms with E-state index in [0.29, 0.717) is 18.5 Å². The number of hydrogen-bond donors (Lipinski definition) is 2. The lowest BCUT2D eigenvalue weighted by atomic mass is 10.1. The molecule has 0 bridgehead atoms. The van der Waals surface area contributed by atoms with E-state index in [1.807, 2.05) is 0 Å². The Morgan fingerprint density at radius 3 is 2.53 bits per heavy atom. The van der Waals surface area contributed by atoms with E-state index in [4.69, 9.17) is 5.11 Å². The van der Waals surface area contributed by atoms with Crippen LogP contribution in [0.5, 0.6) is 0 Å². The predicted octanol–water partition coefficient (Wildman–Crippen LogP) is 2.66. The Balaban J connectivity index is 2.68. The maximum atomic E-state index is 13.4. The van der Waals surface area contributed by atoms with Gasteiger partial charge in [0.05, 0.1) is 5.56 Å². The molecule has 1 atom stereocenters. The fourth-order valence-electron chi connectivity index (χ4n) is 1.36. The molecule has 0 amide bonds. The highest BCUT2D eigenvalue weighted by molar-refractivity contribution is 5.87. The van der Waals surface area contributed by atoms with Crippen LogP contribution < -0.4 is 5.32 Å². The molecule has 0 spiro atoms. The zero-order chi connectivity index (χ0) is 13.0. The third-order valence-corrected chi connectivity index (χ3v) is 2.89. The maximum absolute atomic E-state index is 13.4. The summed E-state index contributed by atoms with van der Waals surface area (Å²) in [5, 5.41) is 12.0. The summed E-state index contributed by atoms with van der Waals surface area (Å²) in [6.45, 7) is 6.81. The molecule has 17 heavy (non-hydrogen) atoms. The molecule has 0 aromatic heterocycles. The first-order valence-electron chi connectivity index (χ1n) is 5.67. The van der Waals surface area contributed by atoms with Crippen molar-refractivity contribution < 1.29 is 14.3 Å². The van der Waals surface area contributed by atoms with E-state index < -0.39 is 11.8 Å². The molecule has 0 fully saturated rings. The highest BCUT2D eigenvalue weighted by Crippen LogP contribution is 2.11. The van der Waals surface area contributed by atoms with Crippen LogP contribution >= 0.6 is 0 Å². The number of halogens is 1. The first-order chi connectivity index (χ1) is 7.91. The van der Waals surface area contributed by atoms with Crippen LogP contribution in [-0.4, -0.2) is 17.1 Å². The summed E-state index contributed by atoms with van der Waals surface area (Å²) in [4.78, 5) is 10.6.